The SMILES string of the molecule is CCCC(Br)[C]=O. The van der Waals surface area contributed by atoms with Crippen molar-refractivity contribution in [2.24, 2.45) is 0 Å². The number of rotatable bonds is 3. The van der Waals surface area contributed by atoms with Crippen molar-refractivity contribution < 1.29 is 4.79 Å². The maximum absolute atomic E-state index is 9.72. The summed E-state index contributed by atoms with van der Waals surface area (Å²) in [5.74, 6) is 0. The highest BCUT2D eigenvalue weighted by Crippen LogP contribution is 2.02. The molecule has 0 N–H and O–H groups in total. The molecule has 0 aliphatic heterocycles. The van der Waals surface area contributed by atoms with Crippen molar-refractivity contribution in [3.05, 3.63) is 0 Å². The van der Waals surface area contributed by atoms with Gasteiger partial charge in [-0.2, -0.15) is 0 Å². The molecule has 0 fully saturated rings. The number of alkyl halides is 1. The minimum atomic E-state index is -0.0440. The summed E-state index contributed by atoms with van der Waals surface area (Å²) in [7, 11) is 0. The van der Waals surface area contributed by atoms with Crippen LogP contribution in [-0.4, -0.2) is 11.1 Å². The molecule has 2 heteroatoms. The Balaban J connectivity index is 2.98. The van der Waals surface area contributed by atoms with Crippen molar-refractivity contribution in [2.75, 3.05) is 0 Å². The standard InChI is InChI=1S/C5H8BrO/c1-2-3-5(6)4-7/h5H,2-3H2,1H3. The summed E-state index contributed by atoms with van der Waals surface area (Å²) in [4.78, 5) is 9.68. The molecule has 0 saturated carbocycles. The first kappa shape index (κ1) is 7.15. The zero-order valence-corrected chi connectivity index (χ0v) is 5.86. The Kier molecular flexibility index (Phi) is 4.41. The molecule has 0 aromatic heterocycles. The van der Waals surface area contributed by atoms with Crippen LogP contribution in [0.15, 0.2) is 0 Å². The van der Waals surface area contributed by atoms with Gasteiger partial charge < -0.3 is 0 Å². The van der Waals surface area contributed by atoms with E-state index in [0.717, 1.165) is 12.8 Å². The first-order chi connectivity index (χ1) is 3.31. The van der Waals surface area contributed by atoms with E-state index < -0.39 is 0 Å². The maximum atomic E-state index is 9.72. The largest absolute Gasteiger partial charge is 0.290 e. The van der Waals surface area contributed by atoms with Crippen molar-refractivity contribution in [1.82, 2.24) is 0 Å². The Morgan fingerprint density at radius 3 is 2.57 bits per heavy atom. The van der Waals surface area contributed by atoms with Crippen molar-refractivity contribution in [1.29, 1.82) is 0 Å². The molecule has 0 spiro atoms. The summed E-state index contributed by atoms with van der Waals surface area (Å²) in [6.07, 6.45) is 3.76. The van der Waals surface area contributed by atoms with Crippen LogP contribution >= 0.6 is 15.9 Å². The molecule has 7 heavy (non-hydrogen) atoms. The fourth-order valence-corrected chi connectivity index (χ4v) is 0.770. The van der Waals surface area contributed by atoms with E-state index in [1.165, 1.54) is 0 Å². The van der Waals surface area contributed by atoms with E-state index in [9.17, 15) is 4.79 Å². The van der Waals surface area contributed by atoms with Crippen molar-refractivity contribution in [3.8, 4) is 0 Å². The molecule has 0 heterocycles. The Labute approximate surface area is 52.2 Å². The Hall–Kier alpha value is 0.150. The molecule has 1 unspecified atom stereocenters. The normalized spacial score (nSPS) is 13.4. The molecular weight excluding hydrogens is 156 g/mol. The van der Waals surface area contributed by atoms with Crippen molar-refractivity contribution >= 4 is 22.2 Å². The molecule has 0 aromatic carbocycles. The fraction of sp³-hybridized carbons (Fsp3) is 0.800. The van der Waals surface area contributed by atoms with E-state index in [1.807, 2.05) is 13.2 Å². The maximum Gasteiger partial charge on any atom is 0.213 e. The lowest BCUT2D eigenvalue weighted by Gasteiger charge is -1.91. The van der Waals surface area contributed by atoms with Crippen LogP contribution in [0.1, 0.15) is 19.8 Å². The zero-order chi connectivity index (χ0) is 5.70. The molecule has 1 radical (unpaired) electrons. The number of hydrogen-bond donors (Lipinski definition) is 0. The summed E-state index contributed by atoms with van der Waals surface area (Å²) in [6.45, 7) is 2.03. The molecular formula is C5H8BrO. The summed E-state index contributed by atoms with van der Waals surface area (Å²) >= 11 is 3.11. The highest BCUT2D eigenvalue weighted by Gasteiger charge is 1.97. The Bertz CT molecular complexity index is 54.0. The summed E-state index contributed by atoms with van der Waals surface area (Å²) in [6, 6.07) is 0. The predicted molar refractivity (Wildman–Crippen MR) is 33.3 cm³/mol. The molecule has 0 aromatic rings. The van der Waals surface area contributed by atoms with Gasteiger partial charge in [0.25, 0.3) is 0 Å². The van der Waals surface area contributed by atoms with Crippen LogP contribution in [0.25, 0.3) is 0 Å². The van der Waals surface area contributed by atoms with Gasteiger partial charge in [-0.3, -0.25) is 4.79 Å². The van der Waals surface area contributed by atoms with Crippen molar-refractivity contribution in [2.45, 2.75) is 24.6 Å². The van der Waals surface area contributed by atoms with E-state index in [1.54, 1.807) is 0 Å². The molecule has 0 amide bonds. The molecule has 0 aliphatic rings. The minimum Gasteiger partial charge on any atom is -0.290 e. The van der Waals surface area contributed by atoms with Gasteiger partial charge in [0, 0.05) is 0 Å². The lowest BCUT2D eigenvalue weighted by Crippen LogP contribution is -1.95. The molecule has 1 nitrogen and oxygen atoms in total. The molecule has 0 rings (SSSR count). The van der Waals surface area contributed by atoms with Gasteiger partial charge >= 0.3 is 0 Å². The van der Waals surface area contributed by atoms with Crippen LogP contribution in [0.3, 0.4) is 0 Å². The van der Waals surface area contributed by atoms with Crippen LogP contribution in [0.2, 0.25) is 0 Å². The third kappa shape index (κ3) is 3.99. The van der Waals surface area contributed by atoms with E-state index in [2.05, 4.69) is 15.9 Å². The quantitative estimate of drug-likeness (QED) is 0.579. The molecule has 1 atom stereocenters. The highest BCUT2D eigenvalue weighted by atomic mass is 79.9. The van der Waals surface area contributed by atoms with Crippen LogP contribution in [0.4, 0.5) is 0 Å². The average molecular weight is 164 g/mol. The smallest absolute Gasteiger partial charge is 0.213 e. The van der Waals surface area contributed by atoms with E-state index in [0.29, 0.717) is 0 Å². The summed E-state index contributed by atoms with van der Waals surface area (Å²) in [5.41, 5.74) is 0. The van der Waals surface area contributed by atoms with Gasteiger partial charge in [-0.25, -0.2) is 0 Å². The van der Waals surface area contributed by atoms with Gasteiger partial charge in [-0.1, -0.05) is 29.3 Å². The fourth-order valence-electron chi connectivity index (χ4n) is 0.312. The predicted octanol–water partition coefficient (Wildman–Crippen LogP) is 1.66. The molecule has 41 valence electrons. The van der Waals surface area contributed by atoms with Crippen LogP contribution in [-0.2, 0) is 4.79 Å². The van der Waals surface area contributed by atoms with Gasteiger partial charge in [0.05, 0.1) is 4.83 Å². The first-order valence-electron chi connectivity index (χ1n) is 2.33. The van der Waals surface area contributed by atoms with Gasteiger partial charge in [-0.15, -0.1) is 0 Å². The number of halogens is 1. The summed E-state index contributed by atoms with van der Waals surface area (Å²) < 4.78 is 0. The second-order valence-electron chi connectivity index (χ2n) is 1.37. The van der Waals surface area contributed by atoms with E-state index in [-0.39, 0.29) is 4.83 Å². The Morgan fingerprint density at radius 2 is 2.43 bits per heavy atom. The lowest BCUT2D eigenvalue weighted by molar-refractivity contribution is 0.550. The third-order valence-corrected chi connectivity index (χ3v) is 1.31. The van der Waals surface area contributed by atoms with E-state index >= 15 is 0 Å². The highest BCUT2D eigenvalue weighted by molar-refractivity contribution is 9.09. The van der Waals surface area contributed by atoms with E-state index in [4.69, 9.17) is 0 Å². The summed E-state index contributed by atoms with van der Waals surface area (Å²) in [5, 5.41) is 0. The number of carbonyl (C=O) groups excluding carboxylic acids is 1. The zero-order valence-electron chi connectivity index (χ0n) is 4.28. The lowest BCUT2D eigenvalue weighted by atomic mass is 10.3. The van der Waals surface area contributed by atoms with Gasteiger partial charge in [0.1, 0.15) is 0 Å². The van der Waals surface area contributed by atoms with Gasteiger partial charge in [-0.05, 0) is 6.42 Å². The van der Waals surface area contributed by atoms with Crippen molar-refractivity contribution in [3.63, 3.8) is 0 Å². The van der Waals surface area contributed by atoms with Crippen LogP contribution in [0.5, 0.6) is 0 Å². The Morgan fingerprint density at radius 1 is 1.86 bits per heavy atom. The molecule has 0 aliphatic carbocycles. The second kappa shape index (κ2) is 4.31. The second-order valence-corrected chi connectivity index (χ2v) is 2.48. The molecule has 0 saturated heterocycles. The topological polar surface area (TPSA) is 17.1 Å². The van der Waals surface area contributed by atoms with Crippen LogP contribution in [0, 0.1) is 0 Å². The minimum absolute atomic E-state index is 0.0440. The monoisotopic (exact) mass is 163 g/mol. The van der Waals surface area contributed by atoms with Gasteiger partial charge in [0.2, 0.25) is 6.29 Å². The molecule has 0 bridgehead atoms. The van der Waals surface area contributed by atoms with Crippen LogP contribution < -0.4 is 0 Å². The average Bonchev–Trinajstić information content (AvgIpc) is 1.68. The third-order valence-electron chi connectivity index (χ3n) is 0.670. The van der Waals surface area contributed by atoms with Gasteiger partial charge in [0.15, 0.2) is 0 Å². The first-order valence-corrected chi connectivity index (χ1v) is 3.24. The number of hydrogen-bond acceptors (Lipinski definition) is 1.